The number of aryl methyl sites for hydroxylation is 1. The Morgan fingerprint density at radius 1 is 1.19 bits per heavy atom. The average Bonchev–Trinajstić information content (AvgIpc) is 3.09. The third-order valence-corrected chi connectivity index (χ3v) is 4.94. The minimum atomic E-state index is 0.687. The average molecular weight is 393 g/mol. The molecule has 0 bridgehead atoms. The molecule has 0 atom stereocenters. The molecule has 2 aromatic rings. The lowest BCUT2D eigenvalue weighted by molar-refractivity contribution is 0.368. The lowest BCUT2D eigenvalue weighted by Crippen LogP contribution is -2.39. The molecule has 0 fully saturated rings. The fourth-order valence-corrected chi connectivity index (χ4v) is 3.41. The van der Waals surface area contributed by atoms with Gasteiger partial charge in [-0.3, -0.25) is 4.99 Å². The third kappa shape index (κ3) is 5.50. The van der Waals surface area contributed by atoms with Crippen molar-refractivity contribution in [2.45, 2.75) is 19.9 Å². The fourth-order valence-electron chi connectivity index (χ4n) is 2.81. The van der Waals surface area contributed by atoms with Crippen LogP contribution in [0.15, 0.2) is 22.5 Å². The number of nitrogens with zero attached hydrogens (tertiary/aromatic N) is 3. The largest absolute Gasteiger partial charge is 0.496 e. The monoisotopic (exact) mass is 392 g/mol. The summed E-state index contributed by atoms with van der Waals surface area (Å²) in [4.78, 5) is 10.9. The van der Waals surface area contributed by atoms with Crippen molar-refractivity contribution >= 4 is 17.3 Å². The number of rotatable bonds is 8. The van der Waals surface area contributed by atoms with E-state index in [0.717, 1.165) is 40.1 Å². The van der Waals surface area contributed by atoms with Crippen molar-refractivity contribution in [2.24, 2.45) is 4.99 Å². The summed E-state index contributed by atoms with van der Waals surface area (Å²) in [5, 5.41) is 6.53. The zero-order valence-corrected chi connectivity index (χ0v) is 17.6. The minimum absolute atomic E-state index is 0.687. The number of nitrogens with one attached hydrogen (secondary N) is 1. The zero-order chi connectivity index (χ0) is 19.8. The fraction of sp³-hybridized carbons (Fsp3) is 0.474. The number of ether oxygens (including phenoxy) is 3. The molecule has 0 amide bonds. The molecule has 1 aromatic heterocycles. The van der Waals surface area contributed by atoms with Crippen LogP contribution in [-0.4, -0.2) is 57.8 Å². The molecule has 0 aliphatic heterocycles. The highest BCUT2D eigenvalue weighted by Gasteiger charge is 2.14. The van der Waals surface area contributed by atoms with Crippen LogP contribution in [0.1, 0.15) is 16.3 Å². The van der Waals surface area contributed by atoms with Gasteiger partial charge in [-0.1, -0.05) is 0 Å². The van der Waals surface area contributed by atoms with Crippen LogP contribution >= 0.6 is 11.3 Å². The van der Waals surface area contributed by atoms with Gasteiger partial charge in [0.2, 0.25) is 0 Å². The van der Waals surface area contributed by atoms with E-state index in [1.807, 2.05) is 26.1 Å². The molecule has 0 unspecified atom stereocenters. The highest BCUT2D eigenvalue weighted by Crippen LogP contribution is 2.34. The summed E-state index contributed by atoms with van der Waals surface area (Å²) in [6.45, 7) is 3.40. The van der Waals surface area contributed by atoms with Gasteiger partial charge in [-0.15, -0.1) is 11.3 Å². The number of aromatic nitrogens is 1. The molecule has 27 heavy (non-hydrogen) atoms. The van der Waals surface area contributed by atoms with E-state index in [2.05, 4.69) is 25.6 Å². The van der Waals surface area contributed by atoms with Gasteiger partial charge in [0.25, 0.3) is 0 Å². The van der Waals surface area contributed by atoms with Crippen molar-refractivity contribution in [3.8, 4) is 17.2 Å². The van der Waals surface area contributed by atoms with Crippen LogP contribution in [0.3, 0.4) is 0 Å². The minimum Gasteiger partial charge on any atom is -0.496 e. The molecule has 8 heteroatoms. The lowest BCUT2D eigenvalue weighted by Gasteiger charge is -2.22. The van der Waals surface area contributed by atoms with Crippen molar-refractivity contribution in [3.05, 3.63) is 33.8 Å². The van der Waals surface area contributed by atoms with Gasteiger partial charge in [0.15, 0.2) is 5.96 Å². The Morgan fingerprint density at radius 2 is 1.85 bits per heavy atom. The molecular weight excluding hydrogens is 364 g/mol. The Balaban J connectivity index is 2.01. The molecule has 0 spiro atoms. The van der Waals surface area contributed by atoms with Gasteiger partial charge in [-0.05, 0) is 13.3 Å². The zero-order valence-electron chi connectivity index (χ0n) is 16.8. The van der Waals surface area contributed by atoms with Gasteiger partial charge < -0.3 is 24.4 Å². The maximum atomic E-state index is 5.51. The normalized spacial score (nSPS) is 11.3. The number of benzene rings is 1. The van der Waals surface area contributed by atoms with Crippen molar-refractivity contribution in [1.29, 1.82) is 0 Å². The molecule has 148 valence electrons. The van der Waals surface area contributed by atoms with Gasteiger partial charge in [-0.2, -0.15) is 0 Å². The van der Waals surface area contributed by atoms with E-state index in [0.29, 0.717) is 18.8 Å². The molecule has 1 N–H and O–H groups in total. The molecule has 0 aliphatic rings. The number of thiazole rings is 1. The highest BCUT2D eigenvalue weighted by molar-refractivity contribution is 7.09. The summed E-state index contributed by atoms with van der Waals surface area (Å²) < 4.78 is 16.3. The molecule has 1 heterocycles. The predicted molar refractivity (Wildman–Crippen MR) is 109 cm³/mol. The quantitative estimate of drug-likeness (QED) is 0.550. The van der Waals surface area contributed by atoms with Crippen LogP contribution in [0.25, 0.3) is 0 Å². The first-order valence-electron chi connectivity index (χ1n) is 8.64. The summed E-state index contributed by atoms with van der Waals surface area (Å²) in [7, 11) is 8.69. The molecule has 7 nitrogen and oxygen atoms in total. The second kappa shape index (κ2) is 10.0. The summed E-state index contributed by atoms with van der Waals surface area (Å²) in [5.41, 5.74) is 2.03. The van der Waals surface area contributed by atoms with E-state index in [-0.39, 0.29) is 0 Å². The van der Waals surface area contributed by atoms with Crippen LogP contribution in [0.4, 0.5) is 0 Å². The number of hydrogen-bond acceptors (Lipinski definition) is 6. The van der Waals surface area contributed by atoms with E-state index in [1.54, 1.807) is 39.7 Å². The SMILES string of the molecule is CN=C(NCCc1c(OC)cc(OC)cc1OC)N(C)Cc1csc(C)n1. The summed E-state index contributed by atoms with van der Waals surface area (Å²) in [6.07, 6.45) is 0.721. The van der Waals surface area contributed by atoms with E-state index in [1.165, 1.54) is 0 Å². The maximum Gasteiger partial charge on any atom is 0.193 e. The van der Waals surface area contributed by atoms with E-state index in [9.17, 15) is 0 Å². The van der Waals surface area contributed by atoms with E-state index >= 15 is 0 Å². The number of methoxy groups -OCH3 is 3. The Hall–Kier alpha value is -2.48. The maximum absolute atomic E-state index is 5.51. The number of hydrogen-bond donors (Lipinski definition) is 1. The Labute approximate surface area is 165 Å². The second-order valence-electron chi connectivity index (χ2n) is 5.95. The van der Waals surface area contributed by atoms with Crippen LogP contribution in [0, 0.1) is 6.92 Å². The topological polar surface area (TPSA) is 68.2 Å². The Kier molecular flexibility index (Phi) is 7.72. The first-order chi connectivity index (χ1) is 13.0. The lowest BCUT2D eigenvalue weighted by atomic mass is 10.1. The molecule has 0 saturated heterocycles. The van der Waals surface area contributed by atoms with Crippen molar-refractivity contribution in [2.75, 3.05) is 42.0 Å². The van der Waals surface area contributed by atoms with Crippen molar-refractivity contribution in [3.63, 3.8) is 0 Å². The van der Waals surface area contributed by atoms with Crippen molar-refractivity contribution < 1.29 is 14.2 Å². The van der Waals surface area contributed by atoms with E-state index < -0.39 is 0 Å². The van der Waals surface area contributed by atoms with Crippen LogP contribution in [0.5, 0.6) is 17.2 Å². The van der Waals surface area contributed by atoms with Crippen LogP contribution in [-0.2, 0) is 13.0 Å². The molecule has 2 rings (SSSR count). The molecule has 0 aliphatic carbocycles. The predicted octanol–water partition coefficient (Wildman–Crippen LogP) is 2.73. The highest BCUT2D eigenvalue weighted by atomic mass is 32.1. The molecule has 0 saturated carbocycles. The molecule has 1 aromatic carbocycles. The van der Waals surface area contributed by atoms with Crippen molar-refractivity contribution in [1.82, 2.24) is 15.2 Å². The second-order valence-corrected chi connectivity index (χ2v) is 7.01. The summed E-state index contributed by atoms with van der Waals surface area (Å²) in [5.74, 6) is 3.00. The number of guanidine groups is 1. The van der Waals surface area contributed by atoms with Gasteiger partial charge >= 0.3 is 0 Å². The molecule has 0 radical (unpaired) electrons. The first-order valence-corrected chi connectivity index (χ1v) is 9.52. The van der Waals surface area contributed by atoms with Gasteiger partial charge in [0, 0.05) is 43.7 Å². The first kappa shape index (κ1) is 20.8. The van der Waals surface area contributed by atoms with Gasteiger partial charge in [0.05, 0.1) is 38.6 Å². The van der Waals surface area contributed by atoms with Gasteiger partial charge in [-0.25, -0.2) is 4.98 Å². The standard InChI is InChI=1S/C19H28N4O3S/c1-13-22-14(12-27-13)11-23(3)19(20-2)21-8-7-16-17(25-5)9-15(24-4)10-18(16)26-6/h9-10,12H,7-8,11H2,1-6H3,(H,20,21). The summed E-state index contributed by atoms with van der Waals surface area (Å²) >= 11 is 1.66. The third-order valence-electron chi connectivity index (χ3n) is 4.11. The smallest absolute Gasteiger partial charge is 0.193 e. The van der Waals surface area contributed by atoms with Crippen LogP contribution in [0.2, 0.25) is 0 Å². The molecular formula is C19H28N4O3S. The summed E-state index contributed by atoms with van der Waals surface area (Å²) in [6, 6.07) is 3.73. The van der Waals surface area contributed by atoms with Gasteiger partial charge in [0.1, 0.15) is 17.2 Å². The Morgan fingerprint density at radius 3 is 2.33 bits per heavy atom. The Bertz CT molecular complexity index is 751. The van der Waals surface area contributed by atoms with E-state index in [4.69, 9.17) is 14.2 Å². The van der Waals surface area contributed by atoms with Crippen LogP contribution < -0.4 is 19.5 Å². The number of aliphatic imine (C=N–C) groups is 1.